The van der Waals surface area contributed by atoms with E-state index in [1.165, 1.54) is 12.1 Å². The van der Waals surface area contributed by atoms with Gasteiger partial charge in [-0.05, 0) is 60.3 Å². The second-order valence-electron chi connectivity index (χ2n) is 8.57. The summed E-state index contributed by atoms with van der Waals surface area (Å²) in [5.41, 5.74) is 1.16. The lowest BCUT2D eigenvalue weighted by Crippen LogP contribution is -2.22. The van der Waals surface area contributed by atoms with Crippen molar-refractivity contribution in [3.05, 3.63) is 64.5 Å². The number of fused-ring (bicyclic) bond motifs is 3. The third-order valence-electron chi connectivity index (χ3n) is 6.46. The summed E-state index contributed by atoms with van der Waals surface area (Å²) in [7, 11) is -3.96. The lowest BCUT2D eigenvalue weighted by atomic mass is 9.98. The van der Waals surface area contributed by atoms with Crippen LogP contribution in [0.2, 0.25) is 0 Å². The maximum Gasteiger partial charge on any atom is 0.339 e. The number of hydrogen-bond acceptors (Lipinski definition) is 5. The molecule has 6 nitrogen and oxygen atoms in total. The molecule has 1 heterocycles. The third-order valence-corrected chi connectivity index (χ3v) is 8.19. The lowest BCUT2D eigenvalue weighted by Gasteiger charge is -2.21. The van der Waals surface area contributed by atoms with E-state index in [1.807, 2.05) is 19.9 Å². The average molecular weight is 474 g/mol. The molecule has 0 saturated heterocycles. The summed E-state index contributed by atoms with van der Waals surface area (Å²) in [5, 5.41) is 9.85. The highest BCUT2D eigenvalue weighted by molar-refractivity contribution is 7.90. The third kappa shape index (κ3) is 4.82. The molecular formula is C25H28FNO5S. The Morgan fingerprint density at radius 3 is 2.70 bits per heavy atom. The number of aromatic carboxylic acids is 1. The SMILES string of the molecule is CCN(CC)C/C=C/c1cc(F)ccc1S(=O)(=O)Cc1ccc2c(c1C(=O)O)OC[C@H]1C[C@@H]21. The first kappa shape index (κ1) is 23.4. The monoisotopic (exact) mass is 473 g/mol. The Morgan fingerprint density at radius 2 is 2.00 bits per heavy atom. The highest BCUT2D eigenvalue weighted by Gasteiger charge is 2.45. The fourth-order valence-electron chi connectivity index (χ4n) is 4.47. The molecule has 33 heavy (non-hydrogen) atoms. The van der Waals surface area contributed by atoms with E-state index in [9.17, 15) is 22.7 Å². The molecule has 176 valence electrons. The molecule has 2 aliphatic rings. The van der Waals surface area contributed by atoms with Gasteiger partial charge in [-0.2, -0.15) is 0 Å². The van der Waals surface area contributed by atoms with Crippen molar-refractivity contribution >= 4 is 21.9 Å². The van der Waals surface area contributed by atoms with Gasteiger partial charge in [0.05, 0.1) is 17.3 Å². The van der Waals surface area contributed by atoms with E-state index >= 15 is 0 Å². The van der Waals surface area contributed by atoms with Crippen LogP contribution in [0.25, 0.3) is 6.08 Å². The van der Waals surface area contributed by atoms with Gasteiger partial charge in [-0.15, -0.1) is 0 Å². The Morgan fingerprint density at radius 1 is 1.24 bits per heavy atom. The summed E-state index contributed by atoms with van der Waals surface area (Å²) in [6.45, 7) is 6.80. The van der Waals surface area contributed by atoms with Crippen molar-refractivity contribution in [1.82, 2.24) is 4.90 Å². The van der Waals surface area contributed by atoms with Crippen molar-refractivity contribution in [2.45, 2.75) is 36.8 Å². The minimum absolute atomic E-state index is 0.0306. The second kappa shape index (κ2) is 9.27. The number of carbonyl (C=O) groups is 1. The highest BCUT2D eigenvalue weighted by Crippen LogP contribution is 2.55. The molecule has 0 unspecified atom stereocenters. The van der Waals surface area contributed by atoms with E-state index in [0.717, 1.165) is 31.1 Å². The zero-order valence-corrected chi connectivity index (χ0v) is 19.6. The Bertz CT molecular complexity index is 1200. The molecule has 0 amide bonds. The molecule has 2 aromatic rings. The van der Waals surface area contributed by atoms with E-state index < -0.39 is 27.4 Å². The number of rotatable bonds is 9. The number of carboxylic acids is 1. The van der Waals surface area contributed by atoms with Gasteiger partial charge in [-0.25, -0.2) is 17.6 Å². The summed E-state index contributed by atoms with van der Waals surface area (Å²) in [6.07, 6.45) is 4.38. The summed E-state index contributed by atoms with van der Waals surface area (Å²) < 4.78 is 46.4. The van der Waals surface area contributed by atoms with Gasteiger partial charge in [0.2, 0.25) is 0 Å². The minimum Gasteiger partial charge on any atom is -0.492 e. The van der Waals surface area contributed by atoms with Crippen molar-refractivity contribution in [1.29, 1.82) is 0 Å². The molecule has 4 rings (SSSR count). The van der Waals surface area contributed by atoms with Gasteiger partial charge in [-0.3, -0.25) is 0 Å². The Kier molecular flexibility index (Phi) is 6.59. The maximum absolute atomic E-state index is 13.9. The van der Waals surface area contributed by atoms with Gasteiger partial charge in [0.1, 0.15) is 17.1 Å². The fourth-order valence-corrected chi connectivity index (χ4v) is 6.04. The minimum atomic E-state index is -3.96. The topological polar surface area (TPSA) is 83.9 Å². The molecule has 0 spiro atoms. The predicted octanol–water partition coefficient (Wildman–Crippen LogP) is 4.35. The van der Waals surface area contributed by atoms with Gasteiger partial charge in [0.25, 0.3) is 0 Å². The van der Waals surface area contributed by atoms with Crippen molar-refractivity contribution in [2.24, 2.45) is 5.92 Å². The van der Waals surface area contributed by atoms with Crippen molar-refractivity contribution in [3.8, 4) is 5.75 Å². The van der Waals surface area contributed by atoms with E-state index in [1.54, 1.807) is 18.2 Å². The summed E-state index contributed by atoms with van der Waals surface area (Å²) >= 11 is 0. The number of sulfone groups is 1. The number of likely N-dealkylation sites (N-methyl/N-ethyl adjacent to an activating group) is 1. The van der Waals surface area contributed by atoms with Gasteiger partial charge < -0.3 is 14.7 Å². The van der Waals surface area contributed by atoms with E-state index in [0.29, 0.717) is 19.1 Å². The van der Waals surface area contributed by atoms with Crippen LogP contribution >= 0.6 is 0 Å². The number of hydrogen-bond donors (Lipinski definition) is 1. The summed E-state index contributed by atoms with van der Waals surface area (Å²) in [4.78, 5) is 14.2. The molecule has 2 aromatic carbocycles. The smallest absolute Gasteiger partial charge is 0.339 e. The highest BCUT2D eigenvalue weighted by atomic mass is 32.2. The molecule has 1 aliphatic heterocycles. The van der Waals surface area contributed by atoms with Crippen LogP contribution < -0.4 is 4.74 Å². The van der Waals surface area contributed by atoms with Crippen LogP contribution in [0.4, 0.5) is 4.39 Å². The first-order chi connectivity index (χ1) is 15.7. The Hall–Kier alpha value is -2.71. The first-order valence-corrected chi connectivity index (χ1v) is 12.8. The molecule has 1 saturated carbocycles. The predicted molar refractivity (Wildman–Crippen MR) is 124 cm³/mol. The van der Waals surface area contributed by atoms with Crippen LogP contribution in [0.1, 0.15) is 53.2 Å². The summed E-state index contributed by atoms with van der Waals surface area (Å²) in [5.74, 6) is -1.27. The van der Waals surface area contributed by atoms with Crippen LogP contribution in [0.5, 0.6) is 5.75 Å². The van der Waals surface area contributed by atoms with Crippen molar-refractivity contribution < 1.29 is 27.4 Å². The van der Waals surface area contributed by atoms with Crippen molar-refractivity contribution in [2.75, 3.05) is 26.2 Å². The molecule has 0 bridgehead atoms. The molecule has 1 fully saturated rings. The zero-order valence-electron chi connectivity index (χ0n) is 18.8. The van der Waals surface area contributed by atoms with Gasteiger partial charge in [-0.1, -0.05) is 38.1 Å². The Labute approximate surface area is 193 Å². The lowest BCUT2D eigenvalue weighted by molar-refractivity contribution is 0.0690. The molecule has 0 aromatic heterocycles. The van der Waals surface area contributed by atoms with Crippen LogP contribution in [0, 0.1) is 11.7 Å². The first-order valence-electron chi connectivity index (χ1n) is 11.2. The Balaban J connectivity index is 1.68. The van der Waals surface area contributed by atoms with Crippen LogP contribution in [-0.2, 0) is 15.6 Å². The van der Waals surface area contributed by atoms with Crippen LogP contribution in [0.15, 0.2) is 41.3 Å². The second-order valence-corrected chi connectivity index (χ2v) is 10.5. The standard InChI is InChI=1S/C25H28FNO5S/c1-3-27(4-2)11-5-6-16-12-19(26)8-10-22(16)33(30,31)15-17-7-9-20-21-13-18(21)14-32-24(20)23(17)25(28)29/h5-10,12,18,21H,3-4,11,13-15H2,1-2H3,(H,28,29)/b6-5+/t18-,21-/m1/s1. The molecule has 0 radical (unpaired) electrons. The molecule has 8 heteroatoms. The number of ether oxygens (including phenoxy) is 1. The largest absolute Gasteiger partial charge is 0.492 e. The quantitative estimate of drug-likeness (QED) is 0.545. The van der Waals surface area contributed by atoms with Gasteiger partial charge >= 0.3 is 5.97 Å². The number of carboxylic acid groups (broad SMARTS) is 1. The molecule has 1 aliphatic carbocycles. The number of halogens is 1. The van der Waals surface area contributed by atoms with Crippen LogP contribution in [-0.4, -0.2) is 50.6 Å². The normalized spacial score (nSPS) is 19.3. The number of benzene rings is 2. The maximum atomic E-state index is 13.9. The zero-order chi connectivity index (χ0) is 23.8. The van der Waals surface area contributed by atoms with Gasteiger partial charge in [0, 0.05) is 12.5 Å². The van der Waals surface area contributed by atoms with E-state index in [4.69, 9.17) is 4.74 Å². The number of nitrogens with zero attached hydrogens (tertiary/aromatic N) is 1. The van der Waals surface area contributed by atoms with Gasteiger partial charge in [0.15, 0.2) is 9.84 Å². The van der Waals surface area contributed by atoms with E-state index in [-0.39, 0.29) is 33.3 Å². The molecule has 2 atom stereocenters. The van der Waals surface area contributed by atoms with Crippen LogP contribution in [0.3, 0.4) is 0 Å². The molecule has 1 N–H and O–H groups in total. The molecular weight excluding hydrogens is 445 g/mol. The summed E-state index contributed by atoms with van der Waals surface area (Å²) in [6, 6.07) is 6.89. The van der Waals surface area contributed by atoms with Crippen molar-refractivity contribution in [3.63, 3.8) is 0 Å². The van der Waals surface area contributed by atoms with E-state index in [2.05, 4.69) is 4.90 Å². The fraction of sp³-hybridized carbons (Fsp3) is 0.400. The average Bonchev–Trinajstić information content (AvgIpc) is 3.56.